The van der Waals surface area contributed by atoms with Crippen molar-refractivity contribution in [1.82, 2.24) is 0 Å². The van der Waals surface area contributed by atoms with E-state index in [0.717, 1.165) is 29.4 Å². The van der Waals surface area contributed by atoms with Crippen molar-refractivity contribution in [2.24, 2.45) is 5.92 Å². The summed E-state index contributed by atoms with van der Waals surface area (Å²) >= 11 is 0. The molecule has 1 aliphatic carbocycles. The maximum Gasteiger partial charge on any atom is 0.0681 e. The number of unbranched alkanes of at least 4 members (excludes halogenated alkanes) is 6. The molecule has 0 saturated heterocycles. The molecule has 1 nitrogen and oxygen atoms in total. The normalized spacial score (nSPS) is 18.4. The van der Waals surface area contributed by atoms with Crippen molar-refractivity contribution < 1.29 is 5.11 Å². The lowest BCUT2D eigenvalue weighted by Gasteiger charge is -2.29. The first-order chi connectivity index (χ1) is 16.2. The van der Waals surface area contributed by atoms with Crippen LogP contribution in [0, 0.1) is 5.92 Å². The van der Waals surface area contributed by atoms with E-state index in [-0.39, 0.29) is 6.61 Å². The van der Waals surface area contributed by atoms with Crippen LogP contribution < -0.4 is 0 Å². The van der Waals surface area contributed by atoms with E-state index in [2.05, 4.69) is 62.9 Å². The molecule has 1 heteroatoms. The fraction of sp³-hybridized carbons (Fsp3) is 0.562. The van der Waals surface area contributed by atoms with Gasteiger partial charge in [-0.05, 0) is 77.3 Å². The molecule has 3 rings (SSSR count). The first kappa shape index (κ1) is 25.8. The second-order valence-corrected chi connectivity index (χ2v) is 10.2. The lowest BCUT2D eigenvalue weighted by Crippen LogP contribution is -2.13. The zero-order chi connectivity index (χ0) is 23.5. The third-order valence-corrected chi connectivity index (χ3v) is 7.84. The molecule has 0 unspecified atom stereocenters. The molecule has 1 aliphatic rings. The van der Waals surface area contributed by atoms with Crippen molar-refractivity contribution in [3.8, 4) is 11.1 Å². The van der Waals surface area contributed by atoms with Crippen LogP contribution in [0.3, 0.4) is 0 Å². The average Bonchev–Trinajstić information content (AvgIpc) is 2.87. The van der Waals surface area contributed by atoms with Crippen LogP contribution in [0.2, 0.25) is 0 Å². The summed E-state index contributed by atoms with van der Waals surface area (Å²) in [5.74, 6) is 1.71. The molecule has 33 heavy (non-hydrogen) atoms. The second kappa shape index (κ2) is 13.8. The third kappa shape index (κ3) is 7.57. The van der Waals surface area contributed by atoms with Gasteiger partial charge in [0.05, 0.1) is 6.61 Å². The van der Waals surface area contributed by atoms with Crippen LogP contribution >= 0.6 is 0 Å². The SMILES string of the molecule is C=C(CO)c1ccc(-c2ccc(C3CCC(CCCCCCCCC)CC3)cc2)c(CC)c1. The lowest BCUT2D eigenvalue weighted by atomic mass is 9.77. The standard InChI is InChI=1S/C32H46O/c1-4-6-7-8-9-10-11-12-26-13-15-28(16-14-26)29-17-19-30(20-18-29)32-22-21-31(25(3)24-33)23-27(32)5-2/h17-23,26,28,33H,3-16,24H2,1-2H3. The van der Waals surface area contributed by atoms with Crippen LogP contribution in [-0.4, -0.2) is 11.7 Å². The van der Waals surface area contributed by atoms with Crippen LogP contribution in [0.5, 0.6) is 0 Å². The van der Waals surface area contributed by atoms with Gasteiger partial charge in [0.15, 0.2) is 0 Å². The summed E-state index contributed by atoms with van der Waals surface area (Å²) < 4.78 is 0. The smallest absolute Gasteiger partial charge is 0.0681 e. The molecule has 0 spiro atoms. The van der Waals surface area contributed by atoms with Crippen LogP contribution in [-0.2, 0) is 6.42 Å². The minimum absolute atomic E-state index is 0.0124. The predicted molar refractivity (Wildman–Crippen MR) is 145 cm³/mol. The minimum atomic E-state index is 0.0124. The maximum atomic E-state index is 9.40. The Balaban J connectivity index is 1.49. The maximum absolute atomic E-state index is 9.40. The Bertz CT molecular complexity index is 839. The van der Waals surface area contributed by atoms with Gasteiger partial charge in [-0.25, -0.2) is 0 Å². The van der Waals surface area contributed by atoms with Crippen molar-refractivity contribution in [3.63, 3.8) is 0 Å². The number of rotatable bonds is 13. The van der Waals surface area contributed by atoms with Gasteiger partial charge in [0.1, 0.15) is 0 Å². The van der Waals surface area contributed by atoms with E-state index in [9.17, 15) is 5.11 Å². The van der Waals surface area contributed by atoms with Gasteiger partial charge in [0.25, 0.3) is 0 Å². The van der Waals surface area contributed by atoms with E-state index >= 15 is 0 Å². The highest BCUT2D eigenvalue weighted by Crippen LogP contribution is 2.38. The van der Waals surface area contributed by atoms with Crippen LogP contribution in [0.1, 0.15) is 114 Å². The van der Waals surface area contributed by atoms with Gasteiger partial charge in [-0.15, -0.1) is 0 Å². The minimum Gasteiger partial charge on any atom is -0.392 e. The molecular formula is C32H46O. The molecule has 1 fully saturated rings. The summed E-state index contributed by atoms with van der Waals surface area (Å²) in [5, 5.41) is 9.40. The Morgan fingerprint density at radius 1 is 0.848 bits per heavy atom. The molecule has 0 bridgehead atoms. The molecule has 0 radical (unpaired) electrons. The monoisotopic (exact) mass is 446 g/mol. The Morgan fingerprint density at radius 3 is 2.15 bits per heavy atom. The number of hydrogen-bond donors (Lipinski definition) is 1. The molecule has 0 heterocycles. The van der Waals surface area contributed by atoms with E-state index < -0.39 is 0 Å². The molecule has 180 valence electrons. The molecule has 2 aromatic rings. The van der Waals surface area contributed by atoms with Crippen molar-refractivity contribution in [2.45, 2.75) is 103 Å². The van der Waals surface area contributed by atoms with Gasteiger partial charge in [-0.2, -0.15) is 0 Å². The van der Waals surface area contributed by atoms with Crippen LogP contribution in [0.15, 0.2) is 49.0 Å². The predicted octanol–water partition coefficient (Wildman–Crippen LogP) is 9.34. The Kier molecular flexibility index (Phi) is 10.7. The number of aliphatic hydroxyl groups excluding tert-OH is 1. The molecule has 0 aromatic heterocycles. The van der Waals surface area contributed by atoms with Crippen molar-refractivity contribution in [3.05, 3.63) is 65.7 Å². The molecule has 0 amide bonds. The molecule has 0 aliphatic heterocycles. The van der Waals surface area contributed by atoms with E-state index in [0.29, 0.717) is 0 Å². The molecule has 1 N–H and O–H groups in total. The fourth-order valence-electron chi connectivity index (χ4n) is 5.59. The number of hydrogen-bond acceptors (Lipinski definition) is 1. The number of benzene rings is 2. The zero-order valence-electron chi connectivity index (χ0n) is 21.2. The lowest BCUT2D eigenvalue weighted by molar-refractivity contribution is 0.302. The summed E-state index contributed by atoms with van der Waals surface area (Å²) in [6, 6.07) is 15.8. The van der Waals surface area contributed by atoms with E-state index in [1.165, 1.54) is 99.3 Å². The van der Waals surface area contributed by atoms with Gasteiger partial charge in [0.2, 0.25) is 0 Å². The fourth-order valence-corrected chi connectivity index (χ4v) is 5.59. The highest BCUT2D eigenvalue weighted by atomic mass is 16.3. The Morgan fingerprint density at radius 2 is 1.52 bits per heavy atom. The quantitative estimate of drug-likeness (QED) is 0.304. The first-order valence-electron chi connectivity index (χ1n) is 13.7. The van der Waals surface area contributed by atoms with Crippen LogP contribution in [0.25, 0.3) is 16.7 Å². The third-order valence-electron chi connectivity index (χ3n) is 7.84. The summed E-state index contributed by atoms with van der Waals surface area (Å²) in [6.07, 6.45) is 18.0. The van der Waals surface area contributed by atoms with Crippen molar-refractivity contribution in [1.29, 1.82) is 0 Å². The molecule has 0 atom stereocenters. The van der Waals surface area contributed by atoms with Gasteiger partial charge < -0.3 is 5.11 Å². The van der Waals surface area contributed by atoms with E-state index in [1.807, 2.05) is 0 Å². The summed E-state index contributed by atoms with van der Waals surface area (Å²) in [7, 11) is 0. The Hall–Kier alpha value is -1.86. The molecule has 1 saturated carbocycles. The highest BCUT2D eigenvalue weighted by Gasteiger charge is 2.22. The van der Waals surface area contributed by atoms with E-state index in [1.54, 1.807) is 0 Å². The summed E-state index contributed by atoms with van der Waals surface area (Å²) in [6.45, 7) is 8.48. The van der Waals surface area contributed by atoms with Gasteiger partial charge in [0, 0.05) is 0 Å². The highest BCUT2D eigenvalue weighted by molar-refractivity contribution is 5.73. The average molecular weight is 447 g/mol. The molecule has 2 aromatic carbocycles. The van der Waals surface area contributed by atoms with Gasteiger partial charge >= 0.3 is 0 Å². The summed E-state index contributed by atoms with van der Waals surface area (Å²) in [5.41, 5.74) is 7.27. The van der Waals surface area contributed by atoms with Gasteiger partial charge in [-0.3, -0.25) is 0 Å². The number of aryl methyl sites for hydroxylation is 1. The largest absolute Gasteiger partial charge is 0.392 e. The van der Waals surface area contributed by atoms with Crippen molar-refractivity contribution in [2.75, 3.05) is 6.61 Å². The first-order valence-corrected chi connectivity index (χ1v) is 13.7. The Labute approximate surface area is 203 Å². The van der Waals surface area contributed by atoms with Crippen molar-refractivity contribution >= 4 is 5.57 Å². The number of aliphatic hydroxyl groups is 1. The zero-order valence-corrected chi connectivity index (χ0v) is 21.2. The van der Waals surface area contributed by atoms with Gasteiger partial charge in [-0.1, -0.05) is 114 Å². The molecular weight excluding hydrogens is 400 g/mol. The van der Waals surface area contributed by atoms with E-state index in [4.69, 9.17) is 0 Å². The topological polar surface area (TPSA) is 20.2 Å². The second-order valence-electron chi connectivity index (χ2n) is 10.2. The van der Waals surface area contributed by atoms with Crippen LogP contribution in [0.4, 0.5) is 0 Å². The summed E-state index contributed by atoms with van der Waals surface area (Å²) in [4.78, 5) is 0.